The van der Waals surface area contributed by atoms with E-state index in [4.69, 9.17) is 4.74 Å². The Morgan fingerprint density at radius 2 is 1.73 bits per heavy atom. The molecule has 0 aromatic rings. The molecule has 0 aliphatic carbocycles. The van der Waals surface area contributed by atoms with Crippen LogP contribution in [0.4, 0.5) is 4.79 Å². The van der Waals surface area contributed by atoms with Gasteiger partial charge in [-0.1, -0.05) is 6.92 Å². The molecule has 0 spiro atoms. The third kappa shape index (κ3) is 12.3. The van der Waals surface area contributed by atoms with Crippen molar-refractivity contribution in [2.24, 2.45) is 4.99 Å². The number of alkyl carbamates (subject to hydrolysis) is 1. The number of rotatable bonds is 8. The second-order valence-corrected chi connectivity index (χ2v) is 6.10. The van der Waals surface area contributed by atoms with Crippen LogP contribution in [0.1, 0.15) is 34.1 Å². The molecule has 0 rings (SSSR count). The monoisotopic (exact) mass is 315 g/mol. The Kier molecular flexibility index (Phi) is 10.4. The number of hydrogen-bond donors (Lipinski definition) is 3. The van der Waals surface area contributed by atoms with E-state index in [1.54, 1.807) is 7.05 Å². The SMILES string of the molecule is CCN(C)CCNC(=NC)NCCCNC(=O)OC(C)(C)C. The molecule has 1 amide bonds. The second-order valence-electron chi connectivity index (χ2n) is 6.10. The van der Waals surface area contributed by atoms with Crippen molar-refractivity contribution in [3.8, 4) is 0 Å². The van der Waals surface area contributed by atoms with Crippen molar-refractivity contribution in [1.29, 1.82) is 0 Å². The molecule has 0 unspecified atom stereocenters. The van der Waals surface area contributed by atoms with Crippen molar-refractivity contribution in [2.45, 2.75) is 39.7 Å². The van der Waals surface area contributed by atoms with E-state index in [0.717, 1.165) is 38.6 Å². The summed E-state index contributed by atoms with van der Waals surface area (Å²) in [6, 6.07) is 0. The number of aliphatic imine (C=N–C) groups is 1. The zero-order chi connectivity index (χ0) is 17.0. The van der Waals surface area contributed by atoms with Crippen LogP contribution in [0, 0.1) is 0 Å². The van der Waals surface area contributed by atoms with E-state index in [9.17, 15) is 4.79 Å². The number of nitrogens with zero attached hydrogens (tertiary/aromatic N) is 2. The highest BCUT2D eigenvalue weighted by atomic mass is 16.6. The molecule has 0 saturated heterocycles. The fourth-order valence-electron chi connectivity index (χ4n) is 1.54. The first-order chi connectivity index (χ1) is 10.3. The summed E-state index contributed by atoms with van der Waals surface area (Å²) < 4.78 is 5.16. The van der Waals surface area contributed by atoms with Gasteiger partial charge in [-0.05, 0) is 40.8 Å². The van der Waals surface area contributed by atoms with Crippen molar-refractivity contribution in [3.05, 3.63) is 0 Å². The summed E-state index contributed by atoms with van der Waals surface area (Å²) in [6.07, 6.45) is 0.423. The maximum Gasteiger partial charge on any atom is 0.407 e. The molecule has 0 bridgehead atoms. The molecule has 7 heteroatoms. The lowest BCUT2D eigenvalue weighted by Crippen LogP contribution is -2.42. The number of amides is 1. The van der Waals surface area contributed by atoms with Gasteiger partial charge in [0.15, 0.2) is 5.96 Å². The van der Waals surface area contributed by atoms with Crippen molar-refractivity contribution in [2.75, 3.05) is 46.8 Å². The van der Waals surface area contributed by atoms with E-state index in [0.29, 0.717) is 6.54 Å². The van der Waals surface area contributed by atoms with Crippen LogP contribution < -0.4 is 16.0 Å². The molecular formula is C15H33N5O2. The van der Waals surface area contributed by atoms with Crippen LogP contribution in [0.15, 0.2) is 4.99 Å². The van der Waals surface area contributed by atoms with E-state index in [2.05, 4.69) is 39.8 Å². The molecule has 0 fully saturated rings. The minimum atomic E-state index is -0.458. The fraction of sp³-hybridized carbons (Fsp3) is 0.867. The van der Waals surface area contributed by atoms with Gasteiger partial charge in [0.1, 0.15) is 5.60 Å². The van der Waals surface area contributed by atoms with Gasteiger partial charge in [-0.25, -0.2) is 4.79 Å². The topological polar surface area (TPSA) is 78.0 Å². The molecule has 0 aliphatic rings. The van der Waals surface area contributed by atoms with E-state index in [1.807, 2.05) is 20.8 Å². The summed E-state index contributed by atoms with van der Waals surface area (Å²) in [4.78, 5) is 17.8. The summed E-state index contributed by atoms with van der Waals surface area (Å²) in [6.45, 7) is 11.8. The molecule has 22 heavy (non-hydrogen) atoms. The zero-order valence-electron chi connectivity index (χ0n) is 15.0. The first kappa shape index (κ1) is 20.5. The summed E-state index contributed by atoms with van der Waals surface area (Å²) in [5.41, 5.74) is -0.458. The van der Waals surface area contributed by atoms with Gasteiger partial charge in [0, 0.05) is 33.2 Å². The Bertz CT molecular complexity index is 339. The summed E-state index contributed by atoms with van der Waals surface area (Å²) >= 11 is 0. The van der Waals surface area contributed by atoms with Crippen molar-refractivity contribution < 1.29 is 9.53 Å². The normalized spacial score (nSPS) is 12.2. The second kappa shape index (κ2) is 11.1. The Hall–Kier alpha value is -1.50. The first-order valence-corrected chi connectivity index (χ1v) is 7.88. The number of likely N-dealkylation sites (N-methyl/N-ethyl adjacent to an activating group) is 1. The minimum absolute atomic E-state index is 0.377. The van der Waals surface area contributed by atoms with Gasteiger partial charge < -0.3 is 25.6 Å². The molecule has 3 N–H and O–H groups in total. The standard InChI is InChI=1S/C15H33N5O2/c1-7-20(6)12-11-18-13(16-5)17-9-8-10-19-14(21)22-15(2,3)4/h7-12H2,1-6H3,(H,19,21)(H2,16,17,18). The summed E-state index contributed by atoms with van der Waals surface area (Å²) in [5, 5.41) is 9.19. The molecule has 0 aromatic carbocycles. The Morgan fingerprint density at radius 1 is 1.14 bits per heavy atom. The highest BCUT2D eigenvalue weighted by Crippen LogP contribution is 2.06. The van der Waals surface area contributed by atoms with Crippen molar-refractivity contribution >= 4 is 12.1 Å². The number of carbonyl (C=O) groups excluding carboxylic acids is 1. The third-order valence-corrected chi connectivity index (χ3v) is 2.86. The van der Waals surface area contributed by atoms with E-state index in [-0.39, 0.29) is 6.09 Å². The number of hydrogen-bond acceptors (Lipinski definition) is 4. The van der Waals surface area contributed by atoms with Crippen LogP contribution in [-0.4, -0.2) is 69.4 Å². The van der Waals surface area contributed by atoms with E-state index in [1.165, 1.54) is 0 Å². The lowest BCUT2D eigenvalue weighted by molar-refractivity contribution is 0.0527. The van der Waals surface area contributed by atoms with Gasteiger partial charge in [-0.15, -0.1) is 0 Å². The molecule has 7 nitrogen and oxygen atoms in total. The Balaban J connectivity index is 3.69. The predicted molar refractivity (Wildman–Crippen MR) is 91.4 cm³/mol. The molecule has 130 valence electrons. The van der Waals surface area contributed by atoms with Gasteiger partial charge in [-0.3, -0.25) is 4.99 Å². The van der Waals surface area contributed by atoms with Crippen LogP contribution in [0.2, 0.25) is 0 Å². The van der Waals surface area contributed by atoms with Crippen LogP contribution in [0.25, 0.3) is 0 Å². The van der Waals surface area contributed by atoms with Crippen molar-refractivity contribution in [1.82, 2.24) is 20.9 Å². The van der Waals surface area contributed by atoms with Gasteiger partial charge in [0.2, 0.25) is 0 Å². The fourth-order valence-corrected chi connectivity index (χ4v) is 1.54. The molecular weight excluding hydrogens is 282 g/mol. The average molecular weight is 315 g/mol. The van der Waals surface area contributed by atoms with Crippen molar-refractivity contribution in [3.63, 3.8) is 0 Å². The highest BCUT2D eigenvalue weighted by molar-refractivity contribution is 5.79. The highest BCUT2D eigenvalue weighted by Gasteiger charge is 2.15. The maximum absolute atomic E-state index is 11.5. The van der Waals surface area contributed by atoms with Gasteiger partial charge in [0.05, 0.1) is 0 Å². The lowest BCUT2D eigenvalue weighted by atomic mass is 10.2. The maximum atomic E-state index is 11.5. The predicted octanol–water partition coefficient (Wildman–Crippen LogP) is 1.02. The number of ether oxygens (including phenoxy) is 1. The van der Waals surface area contributed by atoms with Crippen LogP contribution >= 0.6 is 0 Å². The number of guanidine groups is 1. The first-order valence-electron chi connectivity index (χ1n) is 7.88. The van der Waals surface area contributed by atoms with Crippen LogP contribution in [-0.2, 0) is 4.74 Å². The lowest BCUT2D eigenvalue weighted by Gasteiger charge is -2.19. The molecule has 0 saturated carbocycles. The molecule has 0 atom stereocenters. The smallest absolute Gasteiger partial charge is 0.407 e. The zero-order valence-corrected chi connectivity index (χ0v) is 15.0. The molecule has 0 heterocycles. The van der Waals surface area contributed by atoms with Crippen LogP contribution in [0.3, 0.4) is 0 Å². The molecule has 0 aliphatic heterocycles. The molecule has 0 radical (unpaired) electrons. The number of nitrogens with one attached hydrogen (secondary N) is 3. The number of carbonyl (C=O) groups is 1. The van der Waals surface area contributed by atoms with E-state index < -0.39 is 5.60 Å². The summed E-state index contributed by atoms with van der Waals surface area (Å²) in [5.74, 6) is 0.779. The summed E-state index contributed by atoms with van der Waals surface area (Å²) in [7, 11) is 3.83. The quantitative estimate of drug-likeness (QED) is 0.354. The third-order valence-electron chi connectivity index (χ3n) is 2.86. The minimum Gasteiger partial charge on any atom is -0.444 e. The van der Waals surface area contributed by atoms with E-state index >= 15 is 0 Å². The largest absolute Gasteiger partial charge is 0.444 e. The Morgan fingerprint density at radius 3 is 2.27 bits per heavy atom. The molecule has 0 aromatic heterocycles. The van der Waals surface area contributed by atoms with Gasteiger partial charge in [-0.2, -0.15) is 0 Å². The average Bonchev–Trinajstić information content (AvgIpc) is 2.42. The van der Waals surface area contributed by atoms with Gasteiger partial charge in [0.25, 0.3) is 0 Å². The van der Waals surface area contributed by atoms with Crippen LogP contribution in [0.5, 0.6) is 0 Å². The van der Waals surface area contributed by atoms with Gasteiger partial charge >= 0.3 is 6.09 Å². The Labute approximate surface area is 134 Å².